The number of hydrogen-bond acceptors (Lipinski definition) is 3. The molecule has 1 aromatic carbocycles. The maximum Gasteiger partial charge on any atom is 0.498 e. The van der Waals surface area contributed by atoms with E-state index < -0.39 is 35.0 Å². The first-order valence-electron chi connectivity index (χ1n) is 6.17. The largest absolute Gasteiger partial charge is 0.498 e. The van der Waals surface area contributed by atoms with E-state index in [1.54, 1.807) is 0 Å². The monoisotopic (exact) mass is 304 g/mol. The summed E-state index contributed by atoms with van der Waals surface area (Å²) in [6, 6.07) is 1.29. The second kappa shape index (κ2) is 4.86. The summed E-state index contributed by atoms with van der Waals surface area (Å²) in [5.41, 5.74) is -1.36. The van der Waals surface area contributed by atoms with Crippen molar-refractivity contribution in [3.63, 3.8) is 0 Å². The average Bonchev–Trinajstić information content (AvgIpc) is 2.56. The molecule has 1 heterocycles. The molecule has 0 atom stereocenters. The minimum absolute atomic E-state index is 0.0373. The summed E-state index contributed by atoms with van der Waals surface area (Å²) in [4.78, 5) is 0. The molecule has 1 aliphatic heterocycles. The maximum atomic E-state index is 14.1. The second-order valence-electron chi connectivity index (χ2n) is 5.70. The van der Waals surface area contributed by atoms with Crippen molar-refractivity contribution in [3.8, 4) is 5.75 Å². The van der Waals surface area contributed by atoms with E-state index in [1.807, 2.05) is 27.7 Å². The third kappa shape index (κ3) is 2.30. The molecule has 1 aromatic rings. The highest BCUT2D eigenvalue weighted by Gasteiger charge is 2.52. The molecule has 0 amide bonds. The molecule has 0 radical (unpaired) electrons. The minimum atomic E-state index is -1.17. The van der Waals surface area contributed by atoms with Crippen LogP contribution in [-0.2, 0) is 9.31 Å². The number of benzene rings is 1. The van der Waals surface area contributed by atoms with Gasteiger partial charge in [0.05, 0.1) is 18.3 Å². The van der Waals surface area contributed by atoms with E-state index in [0.717, 1.165) is 0 Å². The molecule has 0 N–H and O–H groups in total. The highest BCUT2D eigenvalue weighted by Crippen LogP contribution is 2.37. The molecule has 110 valence electrons. The lowest BCUT2D eigenvalue weighted by Crippen LogP contribution is -2.41. The summed E-state index contributed by atoms with van der Waals surface area (Å²) >= 11 is 5.67. The van der Waals surface area contributed by atoms with Crippen molar-refractivity contribution in [1.82, 2.24) is 0 Å². The number of rotatable bonds is 2. The standard InChI is InChI=1S/C13H16BClF2O3/c1-12(2)13(3,4)20-14(19-12)7-6-8(18-5)9(15)11(17)10(7)16/h6H,1-5H3. The van der Waals surface area contributed by atoms with E-state index in [0.29, 0.717) is 0 Å². The molecular formula is C13H16BClF2O3. The van der Waals surface area contributed by atoms with Gasteiger partial charge >= 0.3 is 7.12 Å². The molecule has 0 aliphatic carbocycles. The van der Waals surface area contributed by atoms with Gasteiger partial charge in [0.1, 0.15) is 10.8 Å². The Morgan fingerprint density at radius 1 is 1.10 bits per heavy atom. The molecular weight excluding hydrogens is 288 g/mol. The molecule has 20 heavy (non-hydrogen) atoms. The quantitative estimate of drug-likeness (QED) is 0.621. The number of ether oxygens (including phenoxy) is 1. The Morgan fingerprint density at radius 3 is 2.05 bits per heavy atom. The van der Waals surface area contributed by atoms with Crippen LogP contribution in [0.4, 0.5) is 8.78 Å². The van der Waals surface area contributed by atoms with Gasteiger partial charge < -0.3 is 14.0 Å². The van der Waals surface area contributed by atoms with Crippen molar-refractivity contribution in [2.24, 2.45) is 0 Å². The molecule has 0 spiro atoms. The van der Waals surface area contributed by atoms with E-state index in [4.69, 9.17) is 25.6 Å². The molecule has 0 bridgehead atoms. The predicted octanol–water partition coefficient (Wildman–Crippen LogP) is 2.93. The predicted molar refractivity (Wildman–Crippen MR) is 73.6 cm³/mol. The summed E-state index contributed by atoms with van der Waals surface area (Å²) in [5.74, 6) is -2.22. The number of halogens is 3. The van der Waals surface area contributed by atoms with Crippen LogP contribution in [0.5, 0.6) is 5.75 Å². The van der Waals surface area contributed by atoms with Crippen LogP contribution in [0.2, 0.25) is 5.02 Å². The summed E-state index contributed by atoms with van der Waals surface area (Å²) in [6.45, 7) is 7.31. The fraction of sp³-hybridized carbons (Fsp3) is 0.538. The van der Waals surface area contributed by atoms with Gasteiger partial charge in [-0.1, -0.05) is 11.6 Å². The summed E-state index contributed by atoms with van der Waals surface area (Å²) < 4.78 is 44.2. The van der Waals surface area contributed by atoms with Crippen LogP contribution in [0.1, 0.15) is 27.7 Å². The third-order valence-corrected chi connectivity index (χ3v) is 4.22. The highest BCUT2D eigenvalue weighted by atomic mass is 35.5. The van der Waals surface area contributed by atoms with Crippen LogP contribution in [0, 0.1) is 11.6 Å². The first-order valence-corrected chi connectivity index (χ1v) is 6.55. The number of methoxy groups -OCH3 is 1. The molecule has 7 heteroatoms. The molecule has 1 saturated heterocycles. The molecule has 1 fully saturated rings. The van der Waals surface area contributed by atoms with Gasteiger partial charge in [0, 0.05) is 5.46 Å². The van der Waals surface area contributed by atoms with Gasteiger partial charge in [0.25, 0.3) is 0 Å². The van der Waals surface area contributed by atoms with Crippen molar-refractivity contribution >= 4 is 24.2 Å². The second-order valence-corrected chi connectivity index (χ2v) is 6.08. The zero-order valence-electron chi connectivity index (χ0n) is 12.0. The molecule has 2 rings (SSSR count). The fourth-order valence-electron chi connectivity index (χ4n) is 1.89. The van der Waals surface area contributed by atoms with Crippen LogP contribution in [0.3, 0.4) is 0 Å². The van der Waals surface area contributed by atoms with Gasteiger partial charge in [-0.15, -0.1) is 0 Å². The van der Waals surface area contributed by atoms with Gasteiger partial charge in [0.2, 0.25) is 0 Å². The van der Waals surface area contributed by atoms with E-state index in [9.17, 15) is 8.78 Å². The zero-order valence-corrected chi connectivity index (χ0v) is 12.8. The van der Waals surface area contributed by atoms with Gasteiger partial charge in [0.15, 0.2) is 11.6 Å². The van der Waals surface area contributed by atoms with Gasteiger partial charge in [-0.25, -0.2) is 8.78 Å². The van der Waals surface area contributed by atoms with E-state index in [1.165, 1.54) is 13.2 Å². The van der Waals surface area contributed by atoms with Gasteiger partial charge in [-0.2, -0.15) is 0 Å². The topological polar surface area (TPSA) is 27.7 Å². The van der Waals surface area contributed by atoms with Crippen molar-refractivity contribution in [2.45, 2.75) is 38.9 Å². The Kier molecular flexibility index (Phi) is 3.78. The molecule has 0 saturated carbocycles. The maximum absolute atomic E-state index is 14.1. The highest BCUT2D eigenvalue weighted by molar-refractivity contribution is 6.62. The Morgan fingerprint density at radius 2 is 1.60 bits per heavy atom. The van der Waals surface area contributed by atoms with Crippen LogP contribution in [-0.4, -0.2) is 25.4 Å². The first-order chi connectivity index (χ1) is 9.10. The molecule has 0 aromatic heterocycles. The van der Waals surface area contributed by atoms with Crippen molar-refractivity contribution in [3.05, 3.63) is 22.7 Å². The lowest BCUT2D eigenvalue weighted by molar-refractivity contribution is 0.00578. The fourth-order valence-corrected chi connectivity index (χ4v) is 2.10. The van der Waals surface area contributed by atoms with Crippen LogP contribution >= 0.6 is 11.6 Å². The average molecular weight is 305 g/mol. The Bertz CT molecular complexity index is 533. The third-order valence-electron chi connectivity index (χ3n) is 3.87. The van der Waals surface area contributed by atoms with Crippen molar-refractivity contribution in [2.75, 3.05) is 7.11 Å². The lowest BCUT2D eigenvalue weighted by atomic mass is 9.78. The zero-order chi connectivity index (χ0) is 15.3. The van der Waals surface area contributed by atoms with Gasteiger partial charge in [-0.3, -0.25) is 0 Å². The minimum Gasteiger partial charge on any atom is -0.495 e. The molecule has 0 unspecified atom stereocenters. The van der Waals surface area contributed by atoms with Crippen LogP contribution in [0.15, 0.2) is 6.07 Å². The molecule has 1 aliphatic rings. The number of hydrogen-bond donors (Lipinski definition) is 0. The Hall–Kier alpha value is -0.845. The summed E-state index contributed by atoms with van der Waals surface area (Å²) in [6.07, 6.45) is 0. The van der Waals surface area contributed by atoms with E-state index in [2.05, 4.69) is 0 Å². The van der Waals surface area contributed by atoms with Crippen LogP contribution in [0.25, 0.3) is 0 Å². The summed E-state index contributed by atoms with van der Waals surface area (Å²) in [5, 5.41) is -0.398. The van der Waals surface area contributed by atoms with Crippen molar-refractivity contribution < 1.29 is 22.8 Å². The molecule has 3 nitrogen and oxygen atoms in total. The lowest BCUT2D eigenvalue weighted by Gasteiger charge is -2.32. The van der Waals surface area contributed by atoms with Crippen molar-refractivity contribution in [1.29, 1.82) is 0 Å². The van der Waals surface area contributed by atoms with Crippen LogP contribution < -0.4 is 10.2 Å². The summed E-state index contributed by atoms with van der Waals surface area (Å²) in [7, 11) is 0.313. The smallest absolute Gasteiger partial charge is 0.495 e. The van der Waals surface area contributed by atoms with E-state index in [-0.39, 0.29) is 11.2 Å². The Labute approximate surface area is 122 Å². The normalized spacial score (nSPS) is 20.3. The Balaban J connectivity index is 2.48. The first kappa shape index (κ1) is 15.5. The SMILES string of the molecule is COc1cc(B2OC(C)(C)C(C)(C)O2)c(F)c(F)c1Cl. The van der Waals surface area contributed by atoms with Gasteiger partial charge in [-0.05, 0) is 33.8 Å². The van der Waals surface area contributed by atoms with E-state index >= 15 is 0 Å².